The molecule has 0 fully saturated rings. The van der Waals surface area contributed by atoms with Gasteiger partial charge in [-0.05, 0) is 11.6 Å². The van der Waals surface area contributed by atoms with Gasteiger partial charge < -0.3 is 0 Å². The molecule has 0 heterocycles. The zero-order chi connectivity index (χ0) is 10.0. The van der Waals surface area contributed by atoms with Crippen LogP contribution in [-0.4, -0.2) is 0 Å². The predicted octanol–water partition coefficient (Wildman–Crippen LogP) is 4.20. The average molecular weight is 225 g/mol. The van der Waals surface area contributed by atoms with E-state index >= 15 is 0 Å². The van der Waals surface area contributed by atoms with E-state index in [-0.39, 0.29) is 0 Å². The molecule has 1 aliphatic carbocycles. The summed E-state index contributed by atoms with van der Waals surface area (Å²) in [5, 5.41) is 0.798. The Labute approximate surface area is 93.8 Å². The predicted molar refractivity (Wildman–Crippen MR) is 61.7 cm³/mol. The van der Waals surface area contributed by atoms with Gasteiger partial charge in [-0.3, -0.25) is 0 Å². The lowest BCUT2D eigenvalue weighted by Crippen LogP contribution is -2.17. The van der Waals surface area contributed by atoms with E-state index in [1.807, 2.05) is 48.6 Å². The van der Waals surface area contributed by atoms with Crippen molar-refractivity contribution in [3.8, 4) is 0 Å². The highest BCUT2D eigenvalue weighted by Gasteiger charge is 2.28. The number of halogens is 2. The first-order chi connectivity index (χ1) is 6.71. The normalized spacial score (nSPS) is 26.0. The van der Waals surface area contributed by atoms with Crippen LogP contribution in [0.5, 0.6) is 0 Å². The van der Waals surface area contributed by atoms with Gasteiger partial charge in [0.25, 0.3) is 0 Å². The first-order valence-corrected chi connectivity index (χ1v) is 5.25. The molecule has 1 aromatic rings. The van der Waals surface area contributed by atoms with Crippen LogP contribution in [0.4, 0.5) is 0 Å². The zero-order valence-corrected chi connectivity index (χ0v) is 9.09. The highest BCUT2D eigenvalue weighted by atomic mass is 35.5. The monoisotopic (exact) mass is 224 g/mol. The van der Waals surface area contributed by atoms with E-state index in [0.29, 0.717) is 6.42 Å². The Morgan fingerprint density at radius 1 is 1.14 bits per heavy atom. The molecule has 0 saturated heterocycles. The van der Waals surface area contributed by atoms with Gasteiger partial charge in [0, 0.05) is 11.5 Å². The minimum absolute atomic E-state index is 0.465. The van der Waals surface area contributed by atoms with Crippen LogP contribution in [0, 0.1) is 0 Å². The standard InChI is InChI=1S/C12H10Cl2/c13-11-7-4-8-12(14,9-11)10-5-2-1-3-6-10/h1-8H,9H2. The Hall–Kier alpha value is -0.720. The first kappa shape index (κ1) is 9.82. The van der Waals surface area contributed by atoms with E-state index in [9.17, 15) is 0 Å². The number of alkyl halides is 1. The molecule has 72 valence electrons. The van der Waals surface area contributed by atoms with Crippen molar-refractivity contribution < 1.29 is 0 Å². The largest absolute Gasteiger partial charge is 0.109 e. The molecule has 0 radical (unpaired) electrons. The van der Waals surface area contributed by atoms with Crippen LogP contribution in [0.1, 0.15) is 12.0 Å². The molecule has 1 aliphatic rings. The molecule has 1 atom stereocenters. The number of hydrogen-bond donors (Lipinski definition) is 0. The van der Waals surface area contributed by atoms with Crippen LogP contribution < -0.4 is 0 Å². The second kappa shape index (κ2) is 3.80. The van der Waals surface area contributed by atoms with Crippen molar-refractivity contribution in [2.24, 2.45) is 0 Å². The van der Waals surface area contributed by atoms with E-state index in [1.54, 1.807) is 0 Å². The van der Waals surface area contributed by atoms with E-state index in [1.165, 1.54) is 0 Å². The van der Waals surface area contributed by atoms with Gasteiger partial charge in [0.2, 0.25) is 0 Å². The summed E-state index contributed by atoms with van der Waals surface area (Å²) in [4.78, 5) is -0.465. The maximum atomic E-state index is 6.48. The maximum absolute atomic E-state index is 6.48. The molecule has 1 aromatic carbocycles. The van der Waals surface area contributed by atoms with Crippen molar-refractivity contribution >= 4 is 23.2 Å². The van der Waals surface area contributed by atoms with Gasteiger partial charge in [-0.25, -0.2) is 0 Å². The second-order valence-corrected chi connectivity index (χ2v) is 4.54. The molecule has 0 saturated carbocycles. The Morgan fingerprint density at radius 3 is 2.50 bits per heavy atom. The SMILES string of the molecule is ClC1=CC=CC(Cl)(c2ccccc2)C1. The fourth-order valence-corrected chi connectivity index (χ4v) is 2.28. The lowest BCUT2D eigenvalue weighted by molar-refractivity contribution is 0.754. The van der Waals surface area contributed by atoms with E-state index in [0.717, 1.165) is 10.6 Å². The molecular weight excluding hydrogens is 215 g/mol. The summed E-state index contributed by atoms with van der Waals surface area (Å²) in [6, 6.07) is 9.99. The third-order valence-corrected chi connectivity index (χ3v) is 3.05. The van der Waals surface area contributed by atoms with Gasteiger partial charge in [0.1, 0.15) is 0 Å². The number of rotatable bonds is 1. The van der Waals surface area contributed by atoms with Crippen LogP contribution in [0.25, 0.3) is 0 Å². The number of hydrogen-bond acceptors (Lipinski definition) is 0. The molecule has 0 spiro atoms. The van der Waals surface area contributed by atoms with Crippen molar-refractivity contribution in [2.75, 3.05) is 0 Å². The van der Waals surface area contributed by atoms with Crippen LogP contribution in [0.2, 0.25) is 0 Å². The molecule has 14 heavy (non-hydrogen) atoms. The fraction of sp³-hybridized carbons (Fsp3) is 0.167. The van der Waals surface area contributed by atoms with Crippen LogP contribution in [0.15, 0.2) is 53.6 Å². The molecule has 0 aromatic heterocycles. The Bertz CT molecular complexity index is 379. The van der Waals surface area contributed by atoms with E-state index in [4.69, 9.17) is 23.2 Å². The molecule has 0 nitrogen and oxygen atoms in total. The van der Waals surface area contributed by atoms with Crippen molar-refractivity contribution in [3.05, 3.63) is 59.2 Å². The third-order valence-electron chi connectivity index (χ3n) is 2.32. The quantitative estimate of drug-likeness (QED) is 0.628. The molecular formula is C12H10Cl2. The lowest BCUT2D eigenvalue weighted by atomic mass is 9.91. The summed E-state index contributed by atoms with van der Waals surface area (Å²) in [5.41, 5.74) is 1.09. The molecule has 2 heteroatoms. The fourth-order valence-electron chi connectivity index (χ4n) is 1.58. The van der Waals surface area contributed by atoms with Crippen LogP contribution in [0.3, 0.4) is 0 Å². The summed E-state index contributed by atoms with van der Waals surface area (Å²) in [6.07, 6.45) is 6.43. The first-order valence-electron chi connectivity index (χ1n) is 4.49. The van der Waals surface area contributed by atoms with Crippen LogP contribution >= 0.6 is 23.2 Å². The lowest BCUT2D eigenvalue weighted by Gasteiger charge is -2.25. The third kappa shape index (κ3) is 1.87. The van der Waals surface area contributed by atoms with Crippen LogP contribution in [-0.2, 0) is 4.87 Å². The zero-order valence-electron chi connectivity index (χ0n) is 7.58. The molecule has 1 unspecified atom stereocenters. The minimum atomic E-state index is -0.465. The highest BCUT2D eigenvalue weighted by molar-refractivity contribution is 6.32. The average Bonchev–Trinajstić information content (AvgIpc) is 2.19. The Kier molecular flexibility index (Phi) is 2.66. The smallest absolute Gasteiger partial charge is 0.0926 e. The molecule has 0 bridgehead atoms. The van der Waals surface area contributed by atoms with E-state index in [2.05, 4.69) is 0 Å². The second-order valence-electron chi connectivity index (χ2n) is 3.38. The summed E-state index contributed by atoms with van der Waals surface area (Å²) in [6.45, 7) is 0. The molecule has 0 amide bonds. The van der Waals surface area contributed by atoms with Gasteiger partial charge in [-0.15, -0.1) is 11.6 Å². The summed E-state index contributed by atoms with van der Waals surface area (Å²) in [5.74, 6) is 0. The Morgan fingerprint density at radius 2 is 1.86 bits per heavy atom. The molecule has 2 rings (SSSR count). The summed E-state index contributed by atoms with van der Waals surface area (Å²) >= 11 is 12.5. The van der Waals surface area contributed by atoms with Gasteiger partial charge in [0.15, 0.2) is 0 Å². The van der Waals surface area contributed by atoms with Gasteiger partial charge >= 0.3 is 0 Å². The van der Waals surface area contributed by atoms with Gasteiger partial charge in [-0.2, -0.15) is 0 Å². The molecule has 0 N–H and O–H groups in total. The van der Waals surface area contributed by atoms with Gasteiger partial charge in [-0.1, -0.05) is 54.1 Å². The van der Waals surface area contributed by atoms with Gasteiger partial charge in [0.05, 0.1) is 4.87 Å². The topological polar surface area (TPSA) is 0 Å². The van der Waals surface area contributed by atoms with Crippen molar-refractivity contribution in [1.82, 2.24) is 0 Å². The molecule has 0 aliphatic heterocycles. The summed E-state index contributed by atoms with van der Waals surface area (Å²) in [7, 11) is 0. The van der Waals surface area contributed by atoms with Crippen molar-refractivity contribution in [2.45, 2.75) is 11.3 Å². The summed E-state index contributed by atoms with van der Waals surface area (Å²) < 4.78 is 0. The maximum Gasteiger partial charge on any atom is 0.0926 e. The Balaban J connectivity index is 2.35. The minimum Gasteiger partial charge on any atom is -0.109 e. The van der Waals surface area contributed by atoms with Crippen molar-refractivity contribution in [1.29, 1.82) is 0 Å². The number of allylic oxidation sites excluding steroid dienone is 4. The van der Waals surface area contributed by atoms with E-state index < -0.39 is 4.87 Å². The number of benzene rings is 1. The highest BCUT2D eigenvalue weighted by Crippen LogP contribution is 2.40. The van der Waals surface area contributed by atoms with Crippen molar-refractivity contribution in [3.63, 3.8) is 0 Å².